The van der Waals surface area contributed by atoms with Gasteiger partial charge in [0.15, 0.2) is 5.66 Å². The highest BCUT2D eigenvalue weighted by atomic mass is 16.2. The lowest BCUT2D eigenvalue weighted by atomic mass is 9.98. The fraction of sp³-hybridized carbons (Fsp3) is 0.273. The Morgan fingerprint density at radius 2 is 2.07 bits per heavy atom. The van der Waals surface area contributed by atoms with Crippen LogP contribution in [-0.2, 0) is 10.5 Å². The van der Waals surface area contributed by atoms with E-state index in [9.17, 15) is 4.79 Å². The summed E-state index contributed by atoms with van der Waals surface area (Å²) >= 11 is 0. The lowest BCUT2D eigenvalue weighted by Crippen LogP contribution is -2.38. The van der Waals surface area contributed by atoms with Crippen molar-refractivity contribution in [3.8, 4) is 0 Å². The number of amides is 1. The maximum atomic E-state index is 11.1. The van der Waals surface area contributed by atoms with E-state index in [4.69, 9.17) is 0 Å². The minimum Gasteiger partial charge on any atom is -0.323 e. The third-order valence-corrected chi connectivity index (χ3v) is 2.50. The standard InChI is InChI=1S/C11H12N2O/c1-2-11(12-8-10(14)13-11)9-6-4-3-5-7-9/h3-8H,2H2,1H3,(H,13,14). The first-order valence-corrected chi connectivity index (χ1v) is 4.70. The van der Waals surface area contributed by atoms with Gasteiger partial charge in [-0.15, -0.1) is 0 Å². The Kier molecular flexibility index (Phi) is 2.08. The van der Waals surface area contributed by atoms with E-state index in [0.717, 1.165) is 12.0 Å². The molecule has 0 spiro atoms. The summed E-state index contributed by atoms with van der Waals surface area (Å²) < 4.78 is 0. The molecule has 1 aliphatic rings. The third-order valence-electron chi connectivity index (χ3n) is 2.50. The predicted octanol–water partition coefficient (Wildman–Crippen LogP) is 1.45. The molecule has 1 unspecified atom stereocenters. The Balaban J connectivity index is 2.40. The molecule has 1 amide bonds. The summed E-state index contributed by atoms with van der Waals surface area (Å²) in [6.07, 6.45) is 2.12. The average Bonchev–Trinajstić information content (AvgIpc) is 2.63. The van der Waals surface area contributed by atoms with E-state index < -0.39 is 5.66 Å². The van der Waals surface area contributed by atoms with Crippen LogP contribution in [0.25, 0.3) is 0 Å². The van der Waals surface area contributed by atoms with Crippen LogP contribution in [0.1, 0.15) is 18.9 Å². The molecule has 0 fully saturated rings. The Labute approximate surface area is 82.9 Å². The Morgan fingerprint density at radius 1 is 1.36 bits per heavy atom. The third kappa shape index (κ3) is 1.31. The zero-order chi connectivity index (χ0) is 10.0. The topological polar surface area (TPSA) is 41.5 Å². The van der Waals surface area contributed by atoms with Crippen LogP contribution < -0.4 is 5.32 Å². The molecule has 1 atom stereocenters. The second-order valence-electron chi connectivity index (χ2n) is 3.33. The molecule has 2 rings (SSSR count). The summed E-state index contributed by atoms with van der Waals surface area (Å²) in [6.45, 7) is 2.01. The van der Waals surface area contributed by atoms with Gasteiger partial charge in [-0.3, -0.25) is 9.79 Å². The highest BCUT2D eigenvalue weighted by Crippen LogP contribution is 2.28. The van der Waals surface area contributed by atoms with Gasteiger partial charge in [0, 0.05) is 0 Å². The Bertz CT molecular complexity index is 372. The summed E-state index contributed by atoms with van der Waals surface area (Å²) in [4.78, 5) is 15.4. The number of hydrogen-bond acceptors (Lipinski definition) is 2. The fourth-order valence-corrected chi connectivity index (χ4v) is 1.68. The minimum absolute atomic E-state index is 0.115. The van der Waals surface area contributed by atoms with Crippen molar-refractivity contribution in [1.82, 2.24) is 5.32 Å². The van der Waals surface area contributed by atoms with Crippen LogP contribution in [0.15, 0.2) is 35.3 Å². The SMILES string of the molecule is CCC1(c2ccccc2)N=CC(=O)N1. The first kappa shape index (κ1) is 8.94. The van der Waals surface area contributed by atoms with E-state index in [1.54, 1.807) is 0 Å². The lowest BCUT2D eigenvalue weighted by molar-refractivity contribution is -0.115. The molecule has 1 heterocycles. The smallest absolute Gasteiger partial charge is 0.264 e. The van der Waals surface area contributed by atoms with Crippen molar-refractivity contribution < 1.29 is 4.79 Å². The van der Waals surface area contributed by atoms with Gasteiger partial charge < -0.3 is 5.32 Å². The number of nitrogens with one attached hydrogen (secondary N) is 1. The summed E-state index contributed by atoms with van der Waals surface area (Å²) in [5, 5.41) is 2.87. The fourth-order valence-electron chi connectivity index (χ4n) is 1.68. The molecule has 0 radical (unpaired) electrons. The summed E-state index contributed by atoms with van der Waals surface area (Å²) in [6, 6.07) is 9.81. The lowest BCUT2D eigenvalue weighted by Gasteiger charge is -2.25. The maximum Gasteiger partial charge on any atom is 0.264 e. The predicted molar refractivity (Wildman–Crippen MR) is 55.0 cm³/mol. The molecular weight excluding hydrogens is 176 g/mol. The zero-order valence-corrected chi connectivity index (χ0v) is 8.03. The number of carbonyl (C=O) groups excluding carboxylic acids is 1. The van der Waals surface area contributed by atoms with Gasteiger partial charge in [0.25, 0.3) is 5.91 Å². The molecule has 14 heavy (non-hydrogen) atoms. The van der Waals surface area contributed by atoms with Gasteiger partial charge in [0.1, 0.15) is 0 Å². The van der Waals surface area contributed by atoms with Crippen LogP contribution in [0.4, 0.5) is 0 Å². The molecule has 1 aromatic rings. The second-order valence-corrected chi connectivity index (χ2v) is 3.33. The molecule has 3 nitrogen and oxygen atoms in total. The number of hydrogen-bond donors (Lipinski definition) is 1. The molecule has 0 bridgehead atoms. The van der Waals surface area contributed by atoms with Crippen LogP contribution in [0, 0.1) is 0 Å². The van der Waals surface area contributed by atoms with Crippen LogP contribution in [0.3, 0.4) is 0 Å². The molecule has 72 valence electrons. The molecule has 0 aliphatic carbocycles. The van der Waals surface area contributed by atoms with Gasteiger partial charge in [0.2, 0.25) is 0 Å². The highest BCUT2D eigenvalue weighted by molar-refractivity contribution is 6.28. The second kappa shape index (κ2) is 3.25. The van der Waals surface area contributed by atoms with Gasteiger partial charge in [-0.05, 0) is 12.0 Å². The molecule has 3 heteroatoms. The van der Waals surface area contributed by atoms with Gasteiger partial charge in [0.05, 0.1) is 6.21 Å². The number of benzene rings is 1. The van der Waals surface area contributed by atoms with E-state index in [1.807, 2.05) is 37.3 Å². The number of carbonyl (C=O) groups is 1. The molecule has 1 aromatic carbocycles. The van der Waals surface area contributed by atoms with E-state index in [1.165, 1.54) is 6.21 Å². The largest absolute Gasteiger partial charge is 0.323 e. The Morgan fingerprint density at radius 3 is 2.57 bits per heavy atom. The van der Waals surface area contributed by atoms with Gasteiger partial charge in [-0.2, -0.15) is 0 Å². The number of aliphatic imine (C=N–C) groups is 1. The van der Waals surface area contributed by atoms with Crippen molar-refractivity contribution >= 4 is 12.1 Å². The first-order valence-electron chi connectivity index (χ1n) is 4.70. The van der Waals surface area contributed by atoms with Crippen LogP contribution in [0.2, 0.25) is 0 Å². The van der Waals surface area contributed by atoms with Crippen LogP contribution >= 0.6 is 0 Å². The van der Waals surface area contributed by atoms with E-state index in [0.29, 0.717) is 0 Å². The summed E-state index contributed by atoms with van der Waals surface area (Å²) in [5.41, 5.74) is 0.503. The van der Waals surface area contributed by atoms with Crippen molar-refractivity contribution in [1.29, 1.82) is 0 Å². The maximum absolute atomic E-state index is 11.1. The van der Waals surface area contributed by atoms with Crippen molar-refractivity contribution in [3.05, 3.63) is 35.9 Å². The van der Waals surface area contributed by atoms with Crippen molar-refractivity contribution in [2.45, 2.75) is 19.0 Å². The molecule has 0 saturated carbocycles. The molecule has 1 N–H and O–H groups in total. The molecule has 0 saturated heterocycles. The van der Waals surface area contributed by atoms with E-state index in [-0.39, 0.29) is 5.91 Å². The average molecular weight is 188 g/mol. The molecule has 1 aliphatic heterocycles. The number of rotatable bonds is 2. The van der Waals surface area contributed by atoms with Crippen LogP contribution in [-0.4, -0.2) is 12.1 Å². The van der Waals surface area contributed by atoms with Gasteiger partial charge in [-0.1, -0.05) is 37.3 Å². The Hall–Kier alpha value is -1.64. The molecular formula is C11H12N2O. The van der Waals surface area contributed by atoms with E-state index in [2.05, 4.69) is 10.3 Å². The first-order chi connectivity index (χ1) is 6.77. The normalized spacial score (nSPS) is 25.1. The van der Waals surface area contributed by atoms with Crippen molar-refractivity contribution in [3.63, 3.8) is 0 Å². The van der Waals surface area contributed by atoms with Gasteiger partial charge >= 0.3 is 0 Å². The molecule has 0 aromatic heterocycles. The number of nitrogens with zero attached hydrogens (tertiary/aromatic N) is 1. The van der Waals surface area contributed by atoms with Crippen LogP contribution in [0.5, 0.6) is 0 Å². The van der Waals surface area contributed by atoms with E-state index >= 15 is 0 Å². The van der Waals surface area contributed by atoms with Crippen molar-refractivity contribution in [2.24, 2.45) is 4.99 Å². The zero-order valence-electron chi connectivity index (χ0n) is 8.03. The van der Waals surface area contributed by atoms with Gasteiger partial charge in [-0.25, -0.2) is 0 Å². The highest BCUT2D eigenvalue weighted by Gasteiger charge is 2.34. The monoisotopic (exact) mass is 188 g/mol. The minimum atomic E-state index is -0.529. The summed E-state index contributed by atoms with van der Waals surface area (Å²) in [7, 11) is 0. The van der Waals surface area contributed by atoms with Crippen molar-refractivity contribution in [2.75, 3.05) is 0 Å². The summed E-state index contributed by atoms with van der Waals surface area (Å²) in [5.74, 6) is -0.115. The quantitative estimate of drug-likeness (QED) is 0.749.